The Bertz CT molecular complexity index is 729. The largest absolute Gasteiger partial charge is 0.271 e. The molecule has 0 radical (unpaired) electrons. The number of nitrogens with zero attached hydrogens (tertiary/aromatic N) is 3. The zero-order valence-electron chi connectivity index (χ0n) is 12.0. The molecule has 0 spiro atoms. The minimum absolute atomic E-state index is 0.132. The van der Waals surface area contributed by atoms with E-state index < -0.39 is 0 Å². The second-order valence-corrected chi connectivity index (χ2v) is 5.29. The fourth-order valence-corrected chi connectivity index (χ4v) is 2.67. The minimum atomic E-state index is 0.132. The molecule has 0 aliphatic rings. The van der Waals surface area contributed by atoms with Gasteiger partial charge in [0.25, 0.3) is 0 Å². The summed E-state index contributed by atoms with van der Waals surface area (Å²) >= 11 is 0. The Morgan fingerprint density at radius 2 is 1.95 bits per heavy atom. The first kappa shape index (κ1) is 13.7. The van der Waals surface area contributed by atoms with Gasteiger partial charge in [0.1, 0.15) is 0 Å². The number of hydrazine groups is 1. The third-order valence-electron chi connectivity index (χ3n) is 3.69. The summed E-state index contributed by atoms with van der Waals surface area (Å²) < 4.78 is 1.71. The molecular formula is C16H19N5. The molecule has 5 heteroatoms. The van der Waals surface area contributed by atoms with Gasteiger partial charge in [-0.05, 0) is 22.8 Å². The first-order chi connectivity index (χ1) is 10.3. The molecule has 3 rings (SSSR count). The lowest BCUT2D eigenvalue weighted by Crippen LogP contribution is -2.38. The molecule has 3 N–H and O–H groups in total. The lowest BCUT2D eigenvalue weighted by Gasteiger charge is -2.16. The van der Waals surface area contributed by atoms with Gasteiger partial charge in [0.2, 0.25) is 0 Å². The van der Waals surface area contributed by atoms with Gasteiger partial charge < -0.3 is 0 Å². The van der Waals surface area contributed by atoms with Crippen molar-refractivity contribution in [3.63, 3.8) is 0 Å². The molecule has 0 bridgehead atoms. The summed E-state index contributed by atoms with van der Waals surface area (Å²) in [5, 5.41) is 10.6. The maximum absolute atomic E-state index is 5.71. The number of benzene rings is 2. The van der Waals surface area contributed by atoms with Crippen LogP contribution in [-0.4, -0.2) is 21.0 Å². The van der Waals surface area contributed by atoms with E-state index in [4.69, 9.17) is 5.84 Å². The van der Waals surface area contributed by atoms with E-state index in [9.17, 15) is 0 Å². The number of nitrogens with two attached hydrogens (primary N) is 1. The number of aromatic nitrogens is 3. The van der Waals surface area contributed by atoms with E-state index in [-0.39, 0.29) is 6.04 Å². The van der Waals surface area contributed by atoms with Gasteiger partial charge in [0.05, 0.1) is 5.69 Å². The lowest BCUT2D eigenvalue weighted by atomic mass is 9.97. The van der Waals surface area contributed by atoms with Gasteiger partial charge >= 0.3 is 0 Å². The summed E-state index contributed by atoms with van der Waals surface area (Å²) in [6.45, 7) is 0. The van der Waals surface area contributed by atoms with Crippen molar-refractivity contribution in [3.8, 4) is 0 Å². The van der Waals surface area contributed by atoms with Gasteiger partial charge in [-0.25, -0.2) is 0 Å². The van der Waals surface area contributed by atoms with Crippen molar-refractivity contribution in [3.05, 3.63) is 59.9 Å². The summed E-state index contributed by atoms with van der Waals surface area (Å²) in [6, 6.07) is 14.9. The van der Waals surface area contributed by atoms with Crippen LogP contribution >= 0.6 is 0 Å². The molecule has 0 aliphatic heterocycles. The van der Waals surface area contributed by atoms with Gasteiger partial charge in [-0.2, -0.15) is 0 Å². The molecule has 1 heterocycles. The van der Waals surface area contributed by atoms with Crippen molar-refractivity contribution in [2.24, 2.45) is 12.9 Å². The molecule has 1 aromatic heterocycles. The molecule has 3 aromatic rings. The van der Waals surface area contributed by atoms with Crippen molar-refractivity contribution in [1.82, 2.24) is 20.4 Å². The SMILES string of the molecule is Cn1cc(CC(Cc2cccc3ccccc23)NN)nn1. The van der Waals surface area contributed by atoms with Crippen molar-refractivity contribution >= 4 is 10.8 Å². The topological polar surface area (TPSA) is 68.8 Å². The van der Waals surface area contributed by atoms with Gasteiger partial charge in [0, 0.05) is 25.7 Å². The van der Waals surface area contributed by atoms with Gasteiger partial charge in [0.15, 0.2) is 0 Å². The normalized spacial score (nSPS) is 12.7. The Kier molecular flexibility index (Phi) is 3.94. The molecule has 0 amide bonds. The van der Waals surface area contributed by atoms with Crippen LogP contribution in [0.4, 0.5) is 0 Å². The number of fused-ring (bicyclic) bond motifs is 1. The monoisotopic (exact) mass is 281 g/mol. The maximum Gasteiger partial charge on any atom is 0.0843 e. The highest BCUT2D eigenvalue weighted by molar-refractivity contribution is 5.85. The van der Waals surface area contributed by atoms with Crippen LogP contribution in [0, 0.1) is 0 Å². The average molecular weight is 281 g/mol. The second-order valence-electron chi connectivity index (χ2n) is 5.29. The van der Waals surface area contributed by atoms with Gasteiger partial charge in [-0.3, -0.25) is 16.0 Å². The lowest BCUT2D eigenvalue weighted by molar-refractivity contribution is 0.518. The number of aryl methyl sites for hydroxylation is 1. The summed E-state index contributed by atoms with van der Waals surface area (Å²) in [7, 11) is 1.87. The first-order valence-corrected chi connectivity index (χ1v) is 7.04. The first-order valence-electron chi connectivity index (χ1n) is 7.04. The van der Waals surface area contributed by atoms with Crippen LogP contribution in [0.1, 0.15) is 11.3 Å². The molecule has 0 saturated heterocycles. The van der Waals surface area contributed by atoms with E-state index in [0.29, 0.717) is 0 Å². The van der Waals surface area contributed by atoms with Crippen LogP contribution < -0.4 is 11.3 Å². The Morgan fingerprint density at radius 3 is 2.71 bits per heavy atom. The molecule has 1 atom stereocenters. The van der Waals surface area contributed by atoms with E-state index in [1.807, 2.05) is 13.2 Å². The standard InChI is InChI=1S/C16H19N5/c1-21-11-15(19-20-21)10-14(18-17)9-13-7-4-6-12-5-2-3-8-16(12)13/h2-8,11,14,18H,9-10,17H2,1H3. The van der Waals surface area contributed by atoms with Crippen LogP contribution in [0.25, 0.3) is 10.8 Å². The Balaban J connectivity index is 1.82. The predicted molar refractivity (Wildman–Crippen MR) is 83.5 cm³/mol. The highest BCUT2D eigenvalue weighted by Gasteiger charge is 2.12. The molecule has 108 valence electrons. The second kappa shape index (κ2) is 6.03. The number of rotatable bonds is 5. The van der Waals surface area contributed by atoms with Crippen LogP contribution in [0.2, 0.25) is 0 Å². The predicted octanol–water partition coefficient (Wildman–Crippen LogP) is 1.59. The zero-order chi connectivity index (χ0) is 14.7. The minimum Gasteiger partial charge on any atom is -0.271 e. The van der Waals surface area contributed by atoms with Crippen molar-refractivity contribution in [1.29, 1.82) is 0 Å². The summed E-state index contributed by atoms with van der Waals surface area (Å²) in [5.74, 6) is 5.71. The van der Waals surface area contributed by atoms with Crippen molar-refractivity contribution in [2.45, 2.75) is 18.9 Å². The Morgan fingerprint density at radius 1 is 1.14 bits per heavy atom. The van der Waals surface area contributed by atoms with Crippen LogP contribution in [-0.2, 0) is 19.9 Å². The third kappa shape index (κ3) is 3.09. The highest BCUT2D eigenvalue weighted by Crippen LogP contribution is 2.20. The quantitative estimate of drug-likeness (QED) is 0.550. The van der Waals surface area contributed by atoms with E-state index in [0.717, 1.165) is 18.5 Å². The Labute approximate surface area is 123 Å². The zero-order valence-corrected chi connectivity index (χ0v) is 12.0. The van der Waals surface area contributed by atoms with E-state index >= 15 is 0 Å². The summed E-state index contributed by atoms with van der Waals surface area (Å²) in [4.78, 5) is 0. The molecule has 5 nitrogen and oxygen atoms in total. The smallest absolute Gasteiger partial charge is 0.0843 e. The van der Waals surface area contributed by atoms with E-state index in [1.165, 1.54) is 16.3 Å². The van der Waals surface area contributed by atoms with Gasteiger partial charge in [-0.1, -0.05) is 47.7 Å². The third-order valence-corrected chi connectivity index (χ3v) is 3.69. The molecular weight excluding hydrogens is 262 g/mol. The number of hydrogen-bond acceptors (Lipinski definition) is 4. The van der Waals surface area contributed by atoms with Crippen LogP contribution in [0.15, 0.2) is 48.7 Å². The van der Waals surface area contributed by atoms with Gasteiger partial charge in [-0.15, -0.1) is 5.10 Å². The molecule has 0 aliphatic carbocycles. The number of nitrogens with one attached hydrogen (secondary N) is 1. The highest BCUT2D eigenvalue weighted by atomic mass is 15.4. The molecule has 0 fully saturated rings. The van der Waals surface area contributed by atoms with Crippen LogP contribution in [0.3, 0.4) is 0 Å². The van der Waals surface area contributed by atoms with Crippen molar-refractivity contribution < 1.29 is 0 Å². The maximum atomic E-state index is 5.71. The van der Waals surface area contributed by atoms with E-state index in [2.05, 4.69) is 58.2 Å². The average Bonchev–Trinajstić information content (AvgIpc) is 2.92. The van der Waals surface area contributed by atoms with Crippen LogP contribution in [0.5, 0.6) is 0 Å². The molecule has 2 aromatic carbocycles. The molecule has 1 unspecified atom stereocenters. The molecule has 21 heavy (non-hydrogen) atoms. The number of hydrogen-bond donors (Lipinski definition) is 2. The van der Waals surface area contributed by atoms with Crippen molar-refractivity contribution in [2.75, 3.05) is 0 Å². The fraction of sp³-hybridized carbons (Fsp3) is 0.250. The summed E-state index contributed by atoms with van der Waals surface area (Å²) in [5.41, 5.74) is 5.13. The van der Waals surface area contributed by atoms with E-state index in [1.54, 1.807) is 4.68 Å². The molecule has 0 saturated carbocycles. The fourth-order valence-electron chi connectivity index (χ4n) is 2.67. The summed E-state index contributed by atoms with van der Waals surface area (Å²) in [6.07, 6.45) is 3.54. The Hall–Kier alpha value is -2.24.